The van der Waals surface area contributed by atoms with Gasteiger partial charge in [0.1, 0.15) is 11.5 Å². The Balaban J connectivity index is 1.68. The molecule has 1 amide bonds. The molecule has 8 heteroatoms. The Morgan fingerprint density at radius 1 is 1.06 bits per heavy atom. The van der Waals surface area contributed by atoms with Crippen LogP contribution in [0.25, 0.3) is 17.1 Å². The SMILES string of the molecule is COc1ccc(-n2c(SC(C)C(=O)NC3CCCC3)nnc2-c2ccccc2OC)cc1. The van der Waals surface area contributed by atoms with Crippen molar-refractivity contribution in [1.29, 1.82) is 0 Å². The number of nitrogens with one attached hydrogen (secondary N) is 1. The molecule has 4 rings (SSSR count). The van der Waals surface area contributed by atoms with Crippen molar-refractivity contribution in [1.82, 2.24) is 20.1 Å². The summed E-state index contributed by atoms with van der Waals surface area (Å²) in [5.41, 5.74) is 1.70. The first kappa shape index (κ1) is 22.2. The van der Waals surface area contributed by atoms with Gasteiger partial charge in [0.25, 0.3) is 0 Å². The van der Waals surface area contributed by atoms with Crippen molar-refractivity contribution < 1.29 is 14.3 Å². The molecule has 2 aromatic carbocycles. The van der Waals surface area contributed by atoms with Gasteiger partial charge in [0.05, 0.1) is 30.7 Å². The summed E-state index contributed by atoms with van der Waals surface area (Å²) in [7, 11) is 3.28. The monoisotopic (exact) mass is 452 g/mol. The molecule has 32 heavy (non-hydrogen) atoms. The van der Waals surface area contributed by atoms with Crippen molar-refractivity contribution in [2.24, 2.45) is 0 Å². The van der Waals surface area contributed by atoms with E-state index in [1.807, 2.05) is 60.0 Å². The number of carbonyl (C=O) groups is 1. The summed E-state index contributed by atoms with van der Waals surface area (Å²) < 4.78 is 12.8. The molecule has 1 heterocycles. The second kappa shape index (κ2) is 10.1. The number of hydrogen-bond donors (Lipinski definition) is 1. The second-order valence-electron chi connectivity index (χ2n) is 7.79. The van der Waals surface area contributed by atoms with Gasteiger partial charge in [-0.2, -0.15) is 0 Å². The Morgan fingerprint density at radius 2 is 1.78 bits per heavy atom. The van der Waals surface area contributed by atoms with Crippen LogP contribution in [0.1, 0.15) is 32.6 Å². The third-order valence-electron chi connectivity index (χ3n) is 5.66. The van der Waals surface area contributed by atoms with E-state index in [0.29, 0.717) is 16.7 Å². The zero-order valence-corrected chi connectivity index (χ0v) is 19.4. The van der Waals surface area contributed by atoms with Crippen molar-refractivity contribution in [3.8, 4) is 28.6 Å². The maximum atomic E-state index is 12.8. The molecule has 1 N–H and O–H groups in total. The molecule has 0 spiro atoms. The van der Waals surface area contributed by atoms with Gasteiger partial charge >= 0.3 is 0 Å². The number of benzene rings is 2. The summed E-state index contributed by atoms with van der Waals surface area (Å²) >= 11 is 1.40. The molecular weight excluding hydrogens is 424 g/mol. The molecule has 1 atom stereocenters. The summed E-state index contributed by atoms with van der Waals surface area (Å²) in [5.74, 6) is 2.15. The fourth-order valence-corrected chi connectivity index (χ4v) is 4.79. The molecule has 1 fully saturated rings. The van der Waals surface area contributed by atoms with E-state index in [1.165, 1.54) is 24.6 Å². The van der Waals surface area contributed by atoms with Gasteiger partial charge in [0, 0.05) is 6.04 Å². The minimum atomic E-state index is -0.303. The highest BCUT2D eigenvalue weighted by Gasteiger charge is 2.25. The number of para-hydroxylation sites is 1. The van der Waals surface area contributed by atoms with Crippen LogP contribution in [-0.2, 0) is 4.79 Å². The normalized spacial score (nSPS) is 14.8. The van der Waals surface area contributed by atoms with E-state index in [0.717, 1.165) is 29.8 Å². The van der Waals surface area contributed by atoms with E-state index in [9.17, 15) is 4.79 Å². The van der Waals surface area contributed by atoms with Crippen LogP contribution in [0.15, 0.2) is 53.7 Å². The highest BCUT2D eigenvalue weighted by Crippen LogP contribution is 2.34. The lowest BCUT2D eigenvalue weighted by Crippen LogP contribution is -2.37. The minimum absolute atomic E-state index is 0.0324. The zero-order valence-electron chi connectivity index (χ0n) is 18.6. The average molecular weight is 453 g/mol. The lowest BCUT2D eigenvalue weighted by Gasteiger charge is -2.17. The molecule has 0 saturated heterocycles. The van der Waals surface area contributed by atoms with E-state index < -0.39 is 0 Å². The fourth-order valence-electron chi connectivity index (χ4n) is 3.91. The molecule has 1 aromatic heterocycles. The Bertz CT molecular complexity index is 1060. The summed E-state index contributed by atoms with van der Waals surface area (Å²) in [4.78, 5) is 12.8. The van der Waals surface area contributed by atoms with E-state index in [-0.39, 0.29) is 17.2 Å². The van der Waals surface area contributed by atoms with Gasteiger partial charge in [-0.05, 0) is 56.2 Å². The molecule has 3 aromatic rings. The third kappa shape index (κ3) is 4.75. The number of methoxy groups -OCH3 is 2. The fraction of sp³-hybridized carbons (Fsp3) is 0.375. The Kier molecular flexibility index (Phi) is 6.99. The molecule has 0 radical (unpaired) electrons. The van der Waals surface area contributed by atoms with Gasteiger partial charge in [-0.25, -0.2) is 0 Å². The van der Waals surface area contributed by atoms with Crippen LogP contribution >= 0.6 is 11.8 Å². The van der Waals surface area contributed by atoms with Crippen LogP contribution in [0, 0.1) is 0 Å². The summed E-state index contributed by atoms with van der Waals surface area (Å²) in [6.45, 7) is 1.91. The number of ether oxygens (including phenoxy) is 2. The van der Waals surface area contributed by atoms with Crippen molar-refractivity contribution in [3.63, 3.8) is 0 Å². The molecule has 1 aliphatic carbocycles. The molecule has 0 bridgehead atoms. The first-order chi connectivity index (χ1) is 15.6. The number of thioether (sulfide) groups is 1. The van der Waals surface area contributed by atoms with E-state index in [4.69, 9.17) is 9.47 Å². The maximum absolute atomic E-state index is 12.8. The van der Waals surface area contributed by atoms with E-state index in [2.05, 4.69) is 15.5 Å². The zero-order chi connectivity index (χ0) is 22.5. The van der Waals surface area contributed by atoms with Crippen LogP contribution in [-0.4, -0.2) is 46.2 Å². The maximum Gasteiger partial charge on any atom is 0.233 e. The summed E-state index contributed by atoms with van der Waals surface area (Å²) in [6, 6.07) is 15.7. The number of carbonyl (C=O) groups excluding carboxylic acids is 1. The standard InChI is InChI=1S/C24H28N4O3S/c1-16(23(29)25-17-8-4-5-9-17)32-24-27-26-22(20-10-6-7-11-21(20)31-3)28(24)18-12-14-19(30-2)15-13-18/h6-7,10-17H,4-5,8-9H2,1-3H3,(H,25,29). The van der Waals surface area contributed by atoms with Crippen LogP contribution in [0.4, 0.5) is 0 Å². The first-order valence-electron chi connectivity index (χ1n) is 10.8. The topological polar surface area (TPSA) is 78.3 Å². The molecule has 1 aliphatic rings. The van der Waals surface area contributed by atoms with Gasteiger partial charge in [-0.1, -0.05) is 36.7 Å². The minimum Gasteiger partial charge on any atom is -0.497 e. The number of aromatic nitrogens is 3. The van der Waals surface area contributed by atoms with E-state index in [1.54, 1.807) is 14.2 Å². The number of rotatable bonds is 8. The quantitative estimate of drug-likeness (QED) is 0.508. The van der Waals surface area contributed by atoms with Gasteiger partial charge < -0.3 is 14.8 Å². The highest BCUT2D eigenvalue weighted by molar-refractivity contribution is 8.00. The predicted molar refractivity (Wildman–Crippen MR) is 126 cm³/mol. The molecule has 1 saturated carbocycles. The lowest BCUT2D eigenvalue weighted by molar-refractivity contribution is -0.120. The largest absolute Gasteiger partial charge is 0.497 e. The first-order valence-corrected chi connectivity index (χ1v) is 11.7. The van der Waals surface area contributed by atoms with Gasteiger partial charge in [0.15, 0.2) is 11.0 Å². The lowest BCUT2D eigenvalue weighted by atomic mass is 10.2. The molecule has 1 unspecified atom stereocenters. The summed E-state index contributed by atoms with van der Waals surface area (Å²) in [6.07, 6.45) is 4.48. The van der Waals surface area contributed by atoms with Gasteiger partial charge in [0.2, 0.25) is 5.91 Å². The molecule has 0 aliphatic heterocycles. The summed E-state index contributed by atoms with van der Waals surface area (Å²) in [5, 5.41) is 12.4. The van der Waals surface area contributed by atoms with Gasteiger partial charge in [-0.3, -0.25) is 9.36 Å². The Labute approximate surface area is 192 Å². The second-order valence-corrected chi connectivity index (χ2v) is 9.10. The Hall–Kier alpha value is -3.00. The smallest absolute Gasteiger partial charge is 0.233 e. The molecule has 7 nitrogen and oxygen atoms in total. The van der Waals surface area contributed by atoms with Crippen LogP contribution in [0.5, 0.6) is 11.5 Å². The molecule has 168 valence electrons. The van der Waals surface area contributed by atoms with Crippen molar-refractivity contribution >= 4 is 17.7 Å². The van der Waals surface area contributed by atoms with Crippen molar-refractivity contribution in [2.45, 2.75) is 49.1 Å². The van der Waals surface area contributed by atoms with Crippen molar-refractivity contribution in [3.05, 3.63) is 48.5 Å². The van der Waals surface area contributed by atoms with Gasteiger partial charge in [-0.15, -0.1) is 10.2 Å². The predicted octanol–water partition coefficient (Wildman–Crippen LogP) is 4.49. The van der Waals surface area contributed by atoms with Crippen LogP contribution in [0.3, 0.4) is 0 Å². The van der Waals surface area contributed by atoms with E-state index >= 15 is 0 Å². The highest BCUT2D eigenvalue weighted by atomic mass is 32.2. The third-order valence-corrected chi connectivity index (χ3v) is 6.71. The van der Waals surface area contributed by atoms with Crippen LogP contribution in [0.2, 0.25) is 0 Å². The number of amides is 1. The Morgan fingerprint density at radius 3 is 2.47 bits per heavy atom. The number of nitrogens with zero attached hydrogens (tertiary/aromatic N) is 3. The molecular formula is C24H28N4O3S. The number of hydrogen-bond acceptors (Lipinski definition) is 6. The van der Waals surface area contributed by atoms with Crippen LogP contribution < -0.4 is 14.8 Å². The van der Waals surface area contributed by atoms with Crippen molar-refractivity contribution in [2.75, 3.05) is 14.2 Å². The average Bonchev–Trinajstić information content (AvgIpc) is 3.49.